The number of carbonyl (C=O) groups excluding carboxylic acids is 2. The Morgan fingerprint density at radius 2 is 1.64 bits per heavy atom. The number of hydrogen-bond acceptors (Lipinski definition) is 3. The molecule has 0 aliphatic heterocycles. The summed E-state index contributed by atoms with van der Waals surface area (Å²) in [6.07, 6.45) is -1.44. The summed E-state index contributed by atoms with van der Waals surface area (Å²) in [6.45, 7) is 0. The molecule has 2 unspecified atom stereocenters. The third-order valence-corrected chi connectivity index (χ3v) is 7.52. The quantitative estimate of drug-likeness (QED) is 0.361. The molecule has 9 heteroatoms. The van der Waals surface area contributed by atoms with Crippen LogP contribution >= 0.6 is 0 Å². The highest BCUT2D eigenvalue weighted by Crippen LogP contribution is 2.53. The average Bonchev–Trinajstić information content (AvgIpc) is 3.44. The molecule has 2 fully saturated rings. The molecule has 2 saturated carbocycles. The minimum Gasteiger partial charge on any atom is -0.496 e. The number of methoxy groups -OCH3 is 1. The van der Waals surface area contributed by atoms with E-state index in [9.17, 15) is 27.2 Å². The van der Waals surface area contributed by atoms with E-state index in [1.807, 2.05) is 36.4 Å². The lowest BCUT2D eigenvalue weighted by molar-refractivity contribution is -0.140. The van der Waals surface area contributed by atoms with Gasteiger partial charge in [0, 0.05) is 17.6 Å². The van der Waals surface area contributed by atoms with Gasteiger partial charge in [0.2, 0.25) is 5.91 Å². The second-order valence-electron chi connectivity index (χ2n) is 9.75. The first-order chi connectivity index (χ1) is 18.7. The Morgan fingerprint density at radius 1 is 0.949 bits per heavy atom. The molecule has 3 aromatic rings. The van der Waals surface area contributed by atoms with Crippen molar-refractivity contribution in [2.24, 2.45) is 17.8 Å². The van der Waals surface area contributed by atoms with Crippen molar-refractivity contribution < 1.29 is 31.9 Å². The van der Waals surface area contributed by atoms with Crippen molar-refractivity contribution in [1.29, 1.82) is 0 Å². The molecule has 0 spiro atoms. The highest BCUT2D eigenvalue weighted by atomic mass is 19.4. The van der Waals surface area contributed by atoms with Gasteiger partial charge in [0.25, 0.3) is 5.91 Å². The zero-order valence-electron chi connectivity index (χ0n) is 21.0. The summed E-state index contributed by atoms with van der Waals surface area (Å²) < 4.78 is 58.9. The molecule has 2 bridgehead atoms. The zero-order valence-corrected chi connectivity index (χ0v) is 21.0. The van der Waals surface area contributed by atoms with Crippen LogP contribution in [-0.4, -0.2) is 25.0 Å². The van der Waals surface area contributed by atoms with Crippen LogP contribution in [0.25, 0.3) is 6.08 Å². The van der Waals surface area contributed by atoms with E-state index in [2.05, 4.69) is 10.6 Å². The summed E-state index contributed by atoms with van der Waals surface area (Å²) in [7, 11) is 1.46. The lowest BCUT2D eigenvalue weighted by atomic mass is 9.83. The summed E-state index contributed by atoms with van der Waals surface area (Å²) in [5.41, 5.74) is 0.651. The van der Waals surface area contributed by atoms with Gasteiger partial charge in [-0.1, -0.05) is 54.1 Å². The molecule has 5 nitrogen and oxygen atoms in total. The Balaban J connectivity index is 1.48. The topological polar surface area (TPSA) is 67.4 Å². The number of fused-ring (bicyclic) bond motifs is 2. The molecule has 2 N–H and O–H groups in total. The molecule has 2 amide bonds. The monoisotopic (exact) mass is 538 g/mol. The van der Waals surface area contributed by atoms with Gasteiger partial charge in [-0.25, -0.2) is 4.39 Å². The van der Waals surface area contributed by atoms with Crippen LogP contribution in [0.3, 0.4) is 0 Å². The molecule has 4 atom stereocenters. The molecule has 0 aromatic heterocycles. The van der Waals surface area contributed by atoms with Crippen LogP contribution in [0.4, 0.5) is 23.2 Å². The van der Waals surface area contributed by atoms with E-state index in [0.717, 1.165) is 23.6 Å². The maximum Gasteiger partial charge on any atom is 0.419 e. The van der Waals surface area contributed by atoms with Gasteiger partial charge >= 0.3 is 6.18 Å². The predicted molar refractivity (Wildman–Crippen MR) is 138 cm³/mol. The lowest BCUT2D eigenvalue weighted by Gasteiger charge is -2.30. The van der Waals surface area contributed by atoms with Crippen molar-refractivity contribution in [2.45, 2.75) is 25.1 Å². The second kappa shape index (κ2) is 10.6. The number of para-hydroxylation sites is 1. The number of hydrogen-bond donors (Lipinski definition) is 2. The number of halogens is 4. The van der Waals surface area contributed by atoms with Gasteiger partial charge in [-0.15, -0.1) is 0 Å². The summed E-state index contributed by atoms with van der Waals surface area (Å²) >= 11 is 0. The number of nitrogens with one attached hydrogen (secondary N) is 2. The summed E-state index contributed by atoms with van der Waals surface area (Å²) in [6, 6.07) is 18.1. The molecule has 3 aromatic carbocycles. The maximum atomic E-state index is 13.8. The summed E-state index contributed by atoms with van der Waals surface area (Å²) in [5.74, 6) is -3.09. The number of carbonyl (C=O) groups is 2. The van der Waals surface area contributed by atoms with Gasteiger partial charge in [0.1, 0.15) is 11.6 Å². The largest absolute Gasteiger partial charge is 0.496 e. The average molecular weight is 539 g/mol. The van der Waals surface area contributed by atoms with Gasteiger partial charge in [-0.2, -0.15) is 13.2 Å². The van der Waals surface area contributed by atoms with Crippen molar-refractivity contribution in [2.75, 3.05) is 12.4 Å². The summed E-state index contributed by atoms with van der Waals surface area (Å²) in [4.78, 5) is 26.9. The lowest BCUT2D eigenvalue weighted by Crippen LogP contribution is -2.48. The summed E-state index contributed by atoms with van der Waals surface area (Å²) in [5, 5.41) is 5.57. The highest BCUT2D eigenvalue weighted by Gasteiger charge is 2.54. The smallest absolute Gasteiger partial charge is 0.419 e. The maximum absolute atomic E-state index is 13.8. The van der Waals surface area contributed by atoms with E-state index in [4.69, 9.17) is 4.74 Å². The van der Waals surface area contributed by atoms with Crippen molar-refractivity contribution in [3.63, 3.8) is 0 Å². The first-order valence-electron chi connectivity index (χ1n) is 12.6. The van der Waals surface area contributed by atoms with E-state index >= 15 is 0 Å². The fourth-order valence-electron chi connectivity index (χ4n) is 5.84. The van der Waals surface area contributed by atoms with Crippen LogP contribution in [0.5, 0.6) is 5.75 Å². The number of anilines is 1. The van der Waals surface area contributed by atoms with Crippen molar-refractivity contribution >= 4 is 23.6 Å². The number of benzene rings is 3. The minimum absolute atomic E-state index is 0.136. The van der Waals surface area contributed by atoms with E-state index in [0.29, 0.717) is 29.9 Å². The molecule has 0 heterocycles. The van der Waals surface area contributed by atoms with Crippen LogP contribution in [0, 0.1) is 23.6 Å². The Bertz CT molecular complexity index is 1420. The van der Waals surface area contributed by atoms with Gasteiger partial charge < -0.3 is 15.4 Å². The SMILES string of the molecule is COc1ccccc1C(=O)N[C@@H]1C2CCC(/C2=C/c2ccccc2)[C@@H]1C(=O)Nc1ccc(F)c(C(F)(F)F)c1. The normalized spacial score (nSPS) is 23.1. The second-order valence-corrected chi connectivity index (χ2v) is 9.75. The van der Waals surface area contributed by atoms with E-state index < -0.39 is 41.3 Å². The molecular weight excluding hydrogens is 512 g/mol. The third kappa shape index (κ3) is 5.26. The number of alkyl halides is 3. The van der Waals surface area contributed by atoms with Gasteiger partial charge in [0.15, 0.2) is 0 Å². The van der Waals surface area contributed by atoms with Crippen LogP contribution in [0.2, 0.25) is 0 Å². The van der Waals surface area contributed by atoms with Crippen LogP contribution in [-0.2, 0) is 11.0 Å². The van der Waals surface area contributed by atoms with Crippen LogP contribution in [0.15, 0.2) is 78.4 Å². The standard InChI is InChI=1S/C30H26F4N2O3/c1-39-25-10-6-5-9-21(25)28(37)36-27-20-13-12-19(22(20)15-17-7-3-2-4-8-17)26(27)29(38)35-18-11-14-24(31)23(16-18)30(32,33)34/h2-11,14-16,19-20,26-27H,12-13H2,1H3,(H,35,38)(H,36,37)/b22-15-/t19?,20?,26-,27+/m0/s1. The van der Waals surface area contributed by atoms with Gasteiger partial charge in [-0.05, 0) is 54.7 Å². The van der Waals surface area contributed by atoms with Crippen molar-refractivity contribution in [3.8, 4) is 5.75 Å². The number of ether oxygens (including phenoxy) is 1. The van der Waals surface area contributed by atoms with Gasteiger partial charge in [-0.3, -0.25) is 9.59 Å². The van der Waals surface area contributed by atoms with Crippen LogP contribution < -0.4 is 15.4 Å². The molecular formula is C30H26F4N2O3. The van der Waals surface area contributed by atoms with Crippen LogP contribution in [0.1, 0.15) is 34.3 Å². The predicted octanol–water partition coefficient (Wildman–Crippen LogP) is 6.33. The molecule has 5 rings (SSSR count). The van der Waals surface area contributed by atoms with E-state index in [-0.39, 0.29) is 17.5 Å². The Hall–Kier alpha value is -4.14. The first-order valence-corrected chi connectivity index (χ1v) is 12.6. The minimum atomic E-state index is -4.91. The fourth-order valence-corrected chi connectivity index (χ4v) is 5.84. The number of rotatable bonds is 6. The van der Waals surface area contributed by atoms with Crippen molar-refractivity contribution in [3.05, 3.63) is 101 Å². The molecule has 2 aliphatic carbocycles. The molecule has 0 radical (unpaired) electrons. The zero-order chi connectivity index (χ0) is 27.7. The third-order valence-electron chi connectivity index (χ3n) is 7.52. The molecule has 202 valence electrons. The van der Waals surface area contributed by atoms with E-state index in [1.54, 1.807) is 24.3 Å². The highest BCUT2D eigenvalue weighted by molar-refractivity contribution is 5.99. The molecule has 2 aliphatic rings. The number of amides is 2. The molecule has 39 heavy (non-hydrogen) atoms. The molecule has 0 saturated heterocycles. The first kappa shape index (κ1) is 26.5. The van der Waals surface area contributed by atoms with E-state index in [1.165, 1.54) is 7.11 Å². The Kier molecular flexibility index (Phi) is 7.16. The fraction of sp³-hybridized carbons (Fsp3) is 0.267. The Labute approximate surface area is 222 Å². The van der Waals surface area contributed by atoms with Gasteiger partial charge in [0.05, 0.1) is 24.2 Å². The Morgan fingerprint density at radius 3 is 2.36 bits per heavy atom. The van der Waals surface area contributed by atoms with Crippen molar-refractivity contribution in [1.82, 2.24) is 5.32 Å².